The van der Waals surface area contributed by atoms with Gasteiger partial charge in [-0.05, 0) is 32.9 Å². The standard InChI is InChI=1S/C17H18IN5O4/c1-4-27-16(26)23-12-10(9-22(15(18)25)17(12,2)3)13(21-23)20-14(24)11-7-5-6-8-19-11/h5-8H,4,9H2,1-3H3,(H,20,21,24). The molecule has 0 bridgehead atoms. The number of nitrogens with zero attached hydrogens (tertiary/aromatic N) is 4. The number of aromatic nitrogens is 3. The molecule has 0 fully saturated rings. The van der Waals surface area contributed by atoms with Crippen LogP contribution in [0, 0.1) is 0 Å². The molecule has 1 aliphatic rings. The van der Waals surface area contributed by atoms with Crippen molar-refractivity contribution in [2.75, 3.05) is 11.9 Å². The summed E-state index contributed by atoms with van der Waals surface area (Å²) in [5.41, 5.74) is 0.544. The van der Waals surface area contributed by atoms with E-state index in [2.05, 4.69) is 15.4 Å². The van der Waals surface area contributed by atoms with Crippen LogP contribution in [0.5, 0.6) is 0 Å². The summed E-state index contributed by atoms with van der Waals surface area (Å²) in [6, 6.07) is 4.97. The fourth-order valence-electron chi connectivity index (χ4n) is 3.08. The van der Waals surface area contributed by atoms with Crippen LogP contribution in [0.25, 0.3) is 0 Å². The van der Waals surface area contributed by atoms with E-state index in [-0.39, 0.29) is 28.6 Å². The molecule has 1 aliphatic heterocycles. The van der Waals surface area contributed by atoms with Gasteiger partial charge in [-0.2, -0.15) is 4.68 Å². The molecule has 2 amide bonds. The SMILES string of the molecule is CCOC(=O)n1nc(NC(=O)c2ccccn2)c2c1C(C)(C)N(C(=O)I)C2. The van der Waals surface area contributed by atoms with Crippen molar-refractivity contribution >= 4 is 44.3 Å². The number of nitrogens with one attached hydrogen (secondary N) is 1. The van der Waals surface area contributed by atoms with Gasteiger partial charge in [-0.25, -0.2) is 4.79 Å². The minimum atomic E-state index is -0.790. The molecule has 1 N–H and O–H groups in total. The zero-order chi connectivity index (χ0) is 19.8. The molecule has 0 aliphatic carbocycles. The highest BCUT2D eigenvalue weighted by Crippen LogP contribution is 2.43. The van der Waals surface area contributed by atoms with Gasteiger partial charge in [0.05, 0.1) is 24.4 Å². The number of hydrogen-bond acceptors (Lipinski definition) is 6. The van der Waals surface area contributed by atoms with Crippen LogP contribution in [0.15, 0.2) is 24.4 Å². The number of ether oxygens (including phenoxy) is 1. The van der Waals surface area contributed by atoms with E-state index in [9.17, 15) is 14.4 Å². The Hall–Kier alpha value is -2.50. The number of pyridine rings is 1. The highest BCUT2D eigenvalue weighted by molar-refractivity contribution is 14.1. The first kappa shape index (κ1) is 19.3. The lowest BCUT2D eigenvalue weighted by molar-refractivity contribution is 0.102. The summed E-state index contributed by atoms with van der Waals surface area (Å²) in [6.45, 7) is 5.73. The minimum absolute atomic E-state index is 0.175. The van der Waals surface area contributed by atoms with Crippen LogP contribution in [0.1, 0.15) is 42.5 Å². The summed E-state index contributed by atoms with van der Waals surface area (Å²) >= 11 is 1.70. The molecule has 142 valence electrons. The lowest BCUT2D eigenvalue weighted by Gasteiger charge is -2.30. The second-order valence-corrected chi connectivity index (χ2v) is 7.28. The van der Waals surface area contributed by atoms with E-state index in [0.29, 0.717) is 11.3 Å². The fourth-order valence-corrected chi connectivity index (χ4v) is 3.85. The van der Waals surface area contributed by atoms with Gasteiger partial charge in [-0.3, -0.25) is 14.6 Å². The topological polar surface area (TPSA) is 106 Å². The second kappa shape index (κ2) is 7.25. The van der Waals surface area contributed by atoms with E-state index < -0.39 is 17.5 Å². The number of halogens is 1. The minimum Gasteiger partial charge on any atom is -0.448 e. The second-order valence-electron chi connectivity index (χ2n) is 6.35. The molecule has 9 nitrogen and oxygen atoms in total. The smallest absolute Gasteiger partial charge is 0.435 e. The quantitative estimate of drug-likeness (QED) is 0.409. The van der Waals surface area contributed by atoms with Crippen LogP contribution in [0.2, 0.25) is 0 Å². The van der Waals surface area contributed by atoms with Crippen molar-refractivity contribution in [3.63, 3.8) is 0 Å². The zero-order valence-electron chi connectivity index (χ0n) is 15.0. The summed E-state index contributed by atoms with van der Waals surface area (Å²) in [7, 11) is 0. The molecule has 0 atom stereocenters. The van der Waals surface area contributed by atoms with Crippen LogP contribution in [-0.4, -0.2) is 42.2 Å². The Bertz CT molecular complexity index is 910. The van der Waals surface area contributed by atoms with Crippen LogP contribution in [-0.2, 0) is 16.8 Å². The summed E-state index contributed by atoms with van der Waals surface area (Å²) in [5.74, 6) is -0.245. The molecular weight excluding hydrogens is 465 g/mol. The maximum atomic E-state index is 12.5. The molecule has 2 aromatic heterocycles. The molecule has 0 saturated carbocycles. The van der Waals surface area contributed by atoms with E-state index >= 15 is 0 Å². The Labute approximate surface area is 169 Å². The Morgan fingerprint density at radius 1 is 1.33 bits per heavy atom. The van der Waals surface area contributed by atoms with Crippen LogP contribution >= 0.6 is 22.6 Å². The summed E-state index contributed by atoms with van der Waals surface area (Å²) in [6.07, 6.45) is 0.846. The van der Waals surface area contributed by atoms with Gasteiger partial charge < -0.3 is 15.0 Å². The molecular formula is C17H18IN5O4. The third kappa shape index (κ3) is 3.40. The first-order chi connectivity index (χ1) is 12.8. The Kier molecular flexibility index (Phi) is 5.18. The average molecular weight is 483 g/mol. The number of carbonyl (C=O) groups is 3. The van der Waals surface area contributed by atoms with Gasteiger partial charge in [0.25, 0.3) is 9.82 Å². The summed E-state index contributed by atoms with van der Waals surface area (Å²) < 4.78 is 6.02. The van der Waals surface area contributed by atoms with E-state index in [4.69, 9.17) is 4.74 Å². The molecule has 27 heavy (non-hydrogen) atoms. The summed E-state index contributed by atoms with van der Waals surface area (Å²) in [4.78, 5) is 42.5. The number of rotatable bonds is 3. The molecule has 2 aromatic rings. The Morgan fingerprint density at radius 3 is 2.67 bits per heavy atom. The van der Waals surface area contributed by atoms with Gasteiger partial charge in [0, 0.05) is 34.4 Å². The van der Waals surface area contributed by atoms with E-state index in [1.54, 1.807) is 52.6 Å². The predicted molar refractivity (Wildman–Crippen MR) is 105 cm³/mol. The largest absolute Gasteiger partial charge is 0.448 e. The number of hydrogen-bond donors (Lipinski definition) is 1. The van der Waals surface area contributed by atoms with E-state index in [1.807, 2.05) is 13.8 Å². The first-order valence-corrected chi connectivity index (χ1v) is 9.34. The molecule has 0 saturated heterocycles. The lowest BCUT2D eigenvalue weighted by Crippen LogP contribution is -2.39. The third-order valence-corrected chi connectivity index (χ3v) is 4.92. The van der Waals surface area contributed by atoms with Crippen molar-refractivity contribution < 1.29 is 19.1 Å². The Morgan fingerprint density at radius 2 is 2.07 bits per heavy atom. The maximum Gasteiger partial charge on any atom is 0.435 e. The molecule has 10 heteroatoms. The van der Waals surface area contributed by atoms with Crippen molar-refractivity contribution in [3.8, 4) is 0 Å². The zero-order valence-corrected chi connectivity index (χ0v) is 17.2. The number of anilines is 1. The number of fused-ring (bicyclic) bond motifs is 1. The van der Waals surface area contributed by atoms with Gasteiger partial charge in [-0.15, -0.1) is 5.10 Å². The monoisotopic (exact) mass is 483 g/mol. The van der Waals surface area contributed by atoms with Crippen LogP contribution < -0.4 is 5.32 Å². The normalized spacial score (nSPS) is 14.6. The van der Waals surface area contributed by atoms with Gasteiger partial charge in [0.2, 0.25) is 0 Å². The molecule has 0 unspecified atom stereocenters. The van der Waals surface area contributed by atoms with Crippen molar-refractivity contribution in [1.82, 2.24) is 19.7 Å². The van der Waals surface area contributed by atoms with Crippen molar-refractivity contribution in [2.45, 2.75) is 32.9 Å². The van der Waals surface area contributed by atoms with Gasteiger partial charge in [-0.1, -0.05) is 6.07 Å². The van der Waals surface area contributed by atoms with E-state index in [0.717, 1.165) is 4.68 Å². The molecule has 3 rings (SSSR count). The van der Waals surface area contributed by atoms with Gasteiger partial charge >= 0.3 is 6.09 Å². The van der Waals surface area contributed by atoms with Crippen molar-refractivity contribution in [3.05, 3.63) is 41.3 Å². The molecule has 0 spiro atoms. The van der Waals surface area contributed by atoms with Crippen LogP contribution in [0.4, 0.5) is 15.4 Å². The first-order valence-electron chi connectivity index (χ1n) is 8.26. The van der Waals surface area contributed by atoms with Crippen molar-refractivity contribution in [1.29, 1.82) is 0 Å². The van der Waals surface area contributed by atoms with Crippen molar-refractivity contribution in [2.24, 2.45) is 0 Å². The van der Waals surface area contributed by atoms with E-state index in [1.165, 1.54) is 6.20 Å². The summed E-state index contributed by atoms with van der Waals surface area (Å²) in [5, 5.41) is 6.94. The highest BCUT2D eigenvalue weighted by Gasteiger charge is 2.46. The lowest BCUT2D eigenvalue weighted by atomic mass is 10.0. The van der Waals surface area contributed by atoms with Crippen LogP contribution in [0.3, 0.4) is 0 Å². The van der Waals surface area contributed by atoms with Gasteiger partial charge in [0.15, 0.2) is 5.82 Å². The molecule has 3 heterocycles. The number of amides is 2. The molecule has 0 aromatic carbocycles. The molecule has 0 radical (unpaired) electrons. The average Bonchev–Trinajstić information content (AvgIpc) is 3.12. The highest BCUT2D eigenvalue weighted by atomic mass is 127. The Balaban J connectivity index is 2.04. The maximum absolute atomic E-state index is 12.5. The number of carbonyl (C=O) groups excluding carboxylic acids is 3. The fraction of sp³-hybridized carbons (Fsp3) is 0.353. The third-order valence-electron chi connectivity index (χ3n) is 4.34. The van der Waals surface area contributed by atoms with Gasteiger partial charge in [0.1, 0.15) is 5.69 Å². The predicted octanol–water partition coefficient (Wildman–Crippen LogP) is 3.14.